The van der Waals surface area contributed by atoms with E-state index in [-0.39, 0.29) is 23.4 Å². The van der Waals surface area contributed by atoms with E-state index in [1.165, 1.54) is 0 Å². The van der Waals surface area contributed by atoms with Gasteiger partial charge in [0.2, 0.25) is 0 Å². The molecule has 2 aliphatic rings. The van der Waals surface area contributed by atoms with Gasteiger partial charge in [-0.3, -0.25) is 4.79 Å². The fourth-order valence-corrected chi connectivity index (χ4v) is 5.34. The van der Waals surface area contributed by atoms with Crippen molar-refractivity contribution in [1.29, 1.82) is 0 Å². The van der Waals surface area contributed by atoms with E-state index in [2.05, 4.69) is 5.32 Å². The largest absolute Gasteiger partial charge is 0.493 e. The van der Waals surface area contributed by atoms with Gasteiger partial charge < -0.3 is 14.8 Å². The Kier molecular flexibility index (Phi) is 6.01. The van der Waals surface area contributed by atoms with Gasteiger partial charge in [0.25, 0.3) is 5.91 Å². The zero-order chi connectivity index (χ0) is 23.7. The maximum Gasteiger partial charge on any atom is 0.326 e. The molecular formula is C24H24FN3O5S. The average Bonchev–Trinajstić information content (AvgIpc) is 3.44. The van der Waals surface area contributed by atoms with Crippen molar-refractivity contribution in [3.8, 4) is 11.5 Å². The number of hydrogen-bond acceptors (Lipinski definition) is 6. The summed E-state index contributed by atoms with van der Waals surface area (Å²) >= 11 is 0. The fraction of sp³-hybridized carbons (Fsp3) is 0.292. The summed E-state index contributed by atoms with van der Waals surface area (Å²) in [6, 6.07) is 15.8. The lowest BCUT2D eigenvalue weighted by molar-refractivity contribution is -0.117. The van der Waals surface area contributed by atoms with Gasteiger partial charge >= 0.3 is 10.2 Å². The molecule has 10 heteroatoms. The molecule has 8 nitrogen and oxygen atoms in total. The van der Waals surface area contributed by atoms with Crippen molar-refractivity contribution in [3.05, 3.63) is 66.0 Å². The molecule has 0 spiro atoms. The number of benzene rings is 3. The van der Waals surface area contributed by atoms with Gasteiger partial charge in [-0.2, -0.15) is 8.42 Å². The average molecular weight is 486 g/mol. The number of amides is 1. The Morgan fingerprint density at radius 3 is 2.62 bits per heavy atom. The van der Waals surface area contributed by atoms with Crippen LogP contribution in [-0.2, 0) is 21.6 Å². The summed E-state index contributed by atoms with van der Waals surface area (Å²) in [4.78, 5) is 11.9. The quantitative estimate of drug-likeness (QED) is 0.534. The highest BCUT2D eigenvalue weighted by Crippen LogP contribution is 2.40. The second-order valence-corrected chi connectivity index (χ2v) is 10.00. The number of nitrogens with zero attached hydrogens (tertiary/aromatic N) is 1. The van der Waals surface area contributed by atoms with Gasteiger partial charge in [-0.15, -0.1) is 0 Å². The van der Waals surface area contributed by atoms with Crippen LogP contribution in [0.3, 0.4) is 0 Å². The Labute approximate surface area is 196 Å². The first kappa shape index (κ1) is 22.4. The molecule has 178 valence electrons. The third-order valence-electron chi connectivity index (χ3n) is 5.94. The van der Waals surface area contributed by atoms with Gasteiger partial charge in [0.15, 0.2) is 5.82 Å². The van der Waals surface area contributed by atoms with Gasteiger partial charge in [0.1, 0.15) is 30.3 Å². The Bertz CT molecular complexity index is 1330. The highest BCUT2D eigenvalue weighted by molar-refractivity contribution is 7.92. The highest BCUT2D eigenvalue weighted by Gasteiger charge is 2.38. The molecule has 2 fully saturated rings. The van der Waals surface area contributed by atoms with Gasteiger partial charge in [0.05, 0.1) is 6.61 Å². The molecule has 0 unspecified atom stereocenters. The highest BCUT2D eigenvalue weighted by atomic mass is 32.2. The zero-order valence-electron chi connectivity index (χ0n) is 18.3. The minimum atomic E-state index is -4.24. The van der Waals surface area contributed by atoms with Crippen molar-refractivity contribution in [2.45, 2.75) is 13.0 Å². The first-order chi connectivity index (χ1) is 16.4. The lowest BCUT2D eigenvalue weighted by Gasteiger charge is -2.21. The molecule has 1 atom stereocenters. The Morgan fingerprint density at radius 2 is 1.91 bits per heavy atom. The van der Waals surface area contributed by atoms with Crippen LogP contribution in [0, 0.1) is 11.7 Å². The maximum atomic E-state index is 15.9. The minimum Gasteiger partial charge on any atom is -0.493 e. The first-order valence-electron chi connectivity index (χ1n) is 11.0. The topological polar surface area (TPSA) is 97.0 Å². The summed E-state index contributed by atoms with van der Waals surface area (Å²) in [7, 11) is -4.24. The van der Waals surface area contributed by atoms with Crippen molar-refractivity contribution < 1.29 is 27.1 Å². The van der Waals surface area contributed by atoms with Crippen molar-refractivity contribution >= 4 is 32.6 Å². The lowest BCUT2D eigenvalue weighted by Crippen LogP contribution is -2.30. The van der Waals surface area contributed by atoms with Crippen LogP contribution >= 0.6 is 0 Å². The smallest absolute Gasteiger partial charge is 0.326 e. The summed E-state index contributed by atoms with van der Waals surface area (Å²) < 4.78 is 55.3. The molecule has 5 rings (SSSR count). The van der Waals surface area contributed by atoms with Gasteiger partial charge in [-0.1, -0.05) is 36.4 Å². The fourth-order valence-electron chi connectivity index (χ4n) is 4.18. The number of halogens is 1. The summed E-state index contributed by atoms with van der Waals surface area (Å²) in [5.41, 5.74) is 0.525. The molecule has 34 heavy (non-hydrogen) atoms. The number of anilines is 1. The van der Waals surface area contributed by atoms with E-state index in [1.807, 2.05) is 35.1 Å². The number of carbonyl (C=O) groups excluding carboxylic acids is 1. The van der Waals surface area contributed by atoms with E-state index in [0.717, 1.165) is 25.1 Å². The van der Waals surface area contributed by atoms with E-state index in [1.54, 1.807) is 24.3 Å². The summed E-state index contributed by atoms with van der Waals surface area (Å²) in [6.07, 6.45) is 1.02. The van der Waals surface area contributed by atoms with E-state index in [0.29, 0.717) is 28.0 Å². The van der Waals surface area contributed by atoms with E-state index >= 15 is 4.39 Å². The van der Waals surface area contributed by atoms with Crippen LogP contribution in [0.25, 0.3) is 10.8 Å². The van der Waals surface area contributed by atoms with Gasteiger partial charge in [-0.05, 0) is 42.1 Å². The van der Waals surface area contributed by atoms with Crippen molar-refractivity contribution in [2.75, 3.05) is 30.5 Å². The molecule has 2 saturated heterocycles. The second kappa shape index (κ2) is 9.11. The molecule has 0 saturated carbocycles. The molecule has 0 aromatic heterocycles. The van der Waals surface area contributed by atoms with E-state index < -0.39 is 28.5 Å². The summed E-state index contributed by atoms with van der Waals surface area (Å²) in [5.74, 6) is -0.638. The molecule has 2 aliphatic heterocycles. The molecule has 3 aromatic carbocycles. The lowest BCUT2D eigenvalue weighted by atomic mass is 10.1. The van der Waals surface area contributed by atoms with Crippen LogP contribution < -0.4 is 23.8 Å². The molecule has 0 aliphatic carbocycles. The number of fused-ring (bicyclic) bond motifs is 1. The molecule has 2 N–H and O–H groups in total. The van der Waals surface area contributed by atoms with Gasteiger partial charge in [-0.25, -0.2) is 13.4 Å². The van der Waals surface area contributed by atoms with E-state index in [9.17, 15) is 13.2 Å². The molecular weight excluding hydrogens is 461 g/mol. The normalized spacial score (nSPS) is 19.4. The van der Waals surface area contributed by atoms with Crippen LogP contribution in [-0.4, -0.2) is 40.6 Å². The number of rotatable bonds is 7. The monoisotopic (exact) mass is 485 g/mol. The van der Waals surface area contributed by atoms with Crippen LogP contribution in [0.4, 0.5) is 10.1 Å². The first-order valence-corrected chi connectivity index (χ1v) is 12.4. The number of hydrogen-bond donors (Lipinski definition) is 2. The summed E-state index contributed by atoms with van der Waals surface area (Å²) in [6.45, 7) is 1.90. The molecule has 1 amide bonds. The van der Waals surface area contributed by atoms with Crippen LogP contribution in [0.1, 0.15) is 12.0 Å². The predicted octanol–water partition coefficient (Wildman–Crippen LogP) is 2.73. The number of ether oxygens (including phenoxy) is 2. The summed E-state index contributed by atoms with van der Waals surface area (Å²) in [5, 5.41) is 3.98. The third kappa shape index (κ3) is 4.51. The Hall–Kier alpha value is -3.37. The van der Waals surface area contributed by atoms with Crippen molar-refractivity contribution in [2.24, 2.45) is 5.92 Å². The molecule has 0 bridgehead atoms. The molecule has 0 radical (unpaired) electrons. The number of nitrogens with one attached hydrogen (secondary N) is 2. The minimum absolute atomic E-state index is 0.0274. The van der Waals surface area contributed by atoms with Crippen molar-refractivity contribution in [3.63, 3.8) is 0 Å². The standard InChI is InChI=1S/C24H24FN3O5S/c25-23-20-11-19(32-15-17-8-9-26-12-17)7-6-18(20)10-21(33-14-16-4-2-1-3-5-16)24(23)28-13-22(29)27-34(28,30)31/h1-7,10-11,17,26H,8-9,12-15H2,(H,27,29)/t17-/m0/s1. The SMILES string of the molecule is O=C1CN(c2c(OCc3ccccc3)cc3ccc(OC[C@H]4CCNC4)cc3c2F)S(=O)(=O)N1. The predicted molar refractivity (Wildman–Crippen MR) is 126 cm³/mol. The van der Waals surface area contributed by atoms with Crippen LogP contribution in [0.15, 0.2) is 54.6 Å². The number of carbonyl (C=O) groups is 1. The Morgan fingerprint density at radius 1 is 1.09 bits per heavy atom. The molecule has 3 aromatic rings. The Balaban J connectivity index is 1.53. The van der Waals surface area contributed by atoms with E-state index in [4.69, 9.17) is 9.47 Å². The van der Waals surface area contributed by atoms with Crippen molar-refractivity contribution in [1.82, 2.24) is 10.0 Å². The van der Waals surface area contributed by atoms with Crippen LogP contribution in [0.5, 0.6) is 11.5 Å². The van der Waals surface area contributed by atoms with Gasteiger partial charge in [0, 0.05) is 17.8 Å². The second-order valence-electron chi connectivity index (χ2n) is 8.40. The maximum absolute atomic E-state index is 15.9. The van der Waals surface area contributed by atoms with Crippen LogP contribution in [0.2, 0.25) is 0 Å². The third-order valence-corrected chi connectivity index (χ3v) is 7.32. The molecule has 2 heterocycles. The zero-order valence-corrected chi connectivity index (χ0v) is 19.1.